The SMILES string of the molecule is O=C(CC[C@@H]1CCCN(Cc2ccc3c(c2)OCCO3)C1)NCc1ccccc1F. The average Bonchev–Trinajstić information content (AvgIpc) is 2.77. The van der Waals surface area contributed by atoms with Gasteiger partial charge in [-0.3, -0.25) is 9.69 Å². The van der Waals surface area contributed by atoms with Crippen LogP contribution in [0, 0.1) is 11.7 Å². The third-order valence-corrected chi connectivity index (χ3v) is 5.83. The molecule has 1 N–H and O–H groups in total. The molecular formula is C24H29FN2O3. The van der Waals surface area contributed by atoms with Gasteiger partial charge in [0.25, 0.3) is 0 Å². The van der Waals surface area contributed by atoms with Crippen molar-refractivity contribution in [1.29, 1.82) is 0 Å². The summed E-state index contributed by atoms with van der Waals surface area (Å²) in [5, 5.41) is 2.84. The number of carbonyl (C=O) groups is 1. The maximum Gasteiger partial charge on any atom is 0.220 e. The Morgan fingerprint density at radius 3 is 2.83 bits per heavy atom. The number of fused-ring (bicyclic) bond motifs is 1. The molecule has 0 aromatic heterocycles. The summed E-state index contributed by atoms with van der Waals surface area (Å²) < 4.78 is 24.9. The topological polar surface area (TPSA) is 50.8 Å². The second-order valence-corrected chi connectivity index (χ2v) is 8.13. The quantitative estimate of drug-likeness (QED) is 0.749. The van der Waals surface area contributed by atoms with Crippen LogP contribution in [0.3, 0.4) is 0 Å². The lowest BCUT2D eigenvalue weighted by Gasteiger charge is -2.33. The Bertz CT molecular complexity index is 873. The van der Waals surface area contributed by atoms with Crippen LogP contribution in [0.5, 0.6) is 11.5 Å². The first-order valence-corrected chi connectivity index (χ1v) is 10.8. The molecule has 0 bridgehead atoms. The van der Waals surface area contributed by atoms with E-state index >= 15 is 0 Å². The predicted molar refractivity (Wildman–Crippen MR) is 113 cm³/mol. The van der Waals surface area contributed by atoms with Crippen LogP contribution in [0.2, 0.25) is 0 Å². The van der Waals surface area contributed by atoms with Crippen LogP contribution < -0.4 is 14.8 Å². The van der Waals surface area contributed by atoms with E-state index in [9.17, 15) is 9.18 Å². The van der Waals surface area contributed by atoms with Gasteiger partial charge in [0.05, 0.1) is 0 Å². The zero-order valence-electron chi connectivity index (χ0n) is 17.2. The van der Waals surface area contributed by atoms with Gasteiger partial charge in [0.15, 0.2) is 11.5 Å². The summed E-state index contributed by atoms with van der Waals surface area (Å²) in [5.74, 6) is 1.87. The van der Waals surface area contributed by atoms with E-state index in [0.29, 0.717) is 31.1 Å². The van der Waals surface area contributed by atoms with Crippen LogP contribution >= 0.6 is 0 Å². The fraction of sp³-hybridized carbons (Fsp3) is 0.458. The number of nitrogens with zero attached hydrogens (tertiary/aromatic N) is 1. The molecule has 0 spiro atoms. The molecule has 2 aliphatic heterocycles. The number of nitrogens with one attached hydrogen (secondary N) is 1. The fourth-order valence-electron chi connectivity index (χ4n) is 4.23. The van der Waals surface area contributed by atoms with E-state index in [-0.39, 0.29) is 18.3 Å². The third kappa shape index (κ3) is 5.51. The van der Waals surface area contributed by atoms with Gasteiger partial charge >= 0.3 is 0 Å². The second kappa shape index (κ2) is 9.94. The first-order valence-electron chi connectivity index (χ1n) is 10.8. The number of rotatable bonds is 7. The molecule has 160 valence electrons. The first-order chi connectivity index (χ1) is 14.7. The molecule has 0 saturated carbocycles. The summed E-state index contributed by atoms with van der Waals surface area (Å²) in [7, 11) is 0. The Kier molecular flexibility index (Phi) is 6.84. The van der Waals surface area contributed by atoms with E-state index in [0.717, 1.165) is 50.4 Å². The molecule has 1 atom stereocenters. The van der Waals surface area contributed by atoms with Gasteiger partial charge in [-0.05, 0) is 55.5 Å². The van der Waals surface area contributed by atoms with Crippen molar-refractivity contribution < 1.29 is 18.7 Å². The number of hydrogen-bond donors (Lipinski definition) is 1. The molecule has 2 aromatic rings. The van der Waals surface area contributed by atoms with E-state index in [1.807, 2.05) is 6.07 Å². The Morgan fingerprint density at radius 1 is 1.13 bits per heavy atom. The highest BCUT2D eigenvalue weighted by Crippen LogP contribution is 2.31. The molecule has 0 radical (unpaired) electrons. The highest BCUT2D eigenvalue weighted by Gasteiger charge is 2.21. The van der Waals surface area contributed by atoms with Gasteiger partial charge in [0.1, 0.15) is 19.0 Å². The fourth-order valence-corrected chi connectivity index (χ4v) is 4.23. The first kappa shape index (κ1) is 20.7. The lowest BCUT2D eigenvalue weighted by Crippen LogP contribution is -2.35. The minimum absolute atomic E-state index is 0.0118. The summed E-state index contributed by atoms with van der Waals surface area (Å²) >= 11 is 0. The number of hydrogen-bond acceptors (Lipinski definition) is 4. The van der Waals surface area contributed by atoms with Crippen LogP contribution in [0.4, 0.5) is 4.39 Å². The molecular weight excluding hydrogens is 383 g/mol. The highest BCUT2D eigenvalue weighted by atomic mass is 19.1. The average molecular weight is 413 g/mol. The van der Waals surface area contributed by atoms with Crippen molar-refractivity contribution in [2.24, 2.45) is 5.92 Å². The van der Waals surface area contributed by atoms with Gasteiger partial charge in [-0.2, -0.15) is 0 Å². The minimum atomic E-state index is -0.278. The molecule has 1 fully saturated rings. The molecule has 30 heavy (non-hydrogen) atoms. The van der Waals surface area contributed by atoms with Crippen molar-refractivity contribution in [3.05, 3.63) is 59.4 Å². The molecule has 2 heterocycles. The van der Waals surface area contributed by atoms with Crippen LogP contribution in [0.25, 0.3) is 0 Å². The second-order valence-electron chi connectivity index (χ2n) is 8.13. The van der Waals surface area contributed by atoms with Crippen molar-refractivity contribution in [3.8, 4) is 11.5 Å². The lowest BCUT2D eigenvalue weighted by molar-refractivity contribution is -0.121. The number of amides is 1. The van der Waals surface area contributed by atoms with Crippen molar-refractivity contribution in [1.82, 2.24) is 10.2 Å². The maximum absolute atomic E-state index is 13.7. The molecule has 1 amide bonds. The zero-order valence-corrected chi connectivity index (χ0v) is 17.2. The lowest BCUT2D eigenvalue weighted by atomic mass is 9.93. The number of carbonyl (C=O) groups excluding carboxylic acids is 1. The smallest absolute Gasteiger partial charge is 0.220 e. The van der Waals surface area contributed by atoms with E-state index in [1.165, 1.54) is 11.6 Å². The number of likely N-dealkylation sites (tertiary alicyclic amines) is 1. The van der Waals surface area contributed by atoms with Gasteiger partial charge in [0, 0.05) is 31.6 Å². The monoisotopic (exact) mass is 412 g/mol. The Labute approximate surface area is 177 Å². The zero-order chi connectivity index (χ0) is 20.8. The Hall–Kier alpha value is -2.60. The number of benzene rings is 2. The summed E-state index contributed by atoms with van der Waals surface area (Å²) in [5.41, 5.74) is 1.75. The third-order valence-electron chi connectivity index (χ3n) is 5.83. The Balaban J connectivity index is 1.22. The highest BCUT2D eigenvalue weighted by molar-refractivity contribution is 5.75. The van der Waals surface area contributed by atoms with Crippen molar-refractivity contribution in [3.63, 3.8) is 0 Å². The number of halogens is 1. The van der Waals surface area contributed by atoms with Crippen molar-refractivity contribution in [2.45, 2.75) is 38.8 Å². The minimum Gasteiger partial charge on any atom is -0.486 e. The largest absolute Gasteiger partial charge is 0.486 e. The number of ether oxygens (including phenoxy) is 2. The van der Waals surface area contributed by atoms with E-state index in [1.54, 1.807) is 18.2 Å². The van der Waals surface area contributed by atoms with Crippen molar-refractivity contribution >= 4 is 5.91 Å². The van der Waals surface area contributed by atoms with Gasteiger partial charge in [-0.25, -0.2) is 4.39 Å². The molecule has 2 aliphatic rings. The van der Waals surface area contributed by atoms with Crippen LogP contribution in [-0.2, 0) is 17.9 Å². The Morgan fingerprint density at radius 2 is 1.97 bits per heavy atom. The molecule has 1 saturated heterocycles. The van der Waals surface area contributed by atoms with E-state index in [4.69, 9.17) is 9.47 Å². The van der Waals surface area contributed by atoms with Gasteiger partial charge < -0.3 is 14.8 Å². The molecule has 0 unspecified atom stereocenters. The van der Waals surface area contributed by atoms with Crippen LogP contribution in [0.15, 0.2) is 42.5 Å². The standard InChI is InChI=1S/C24H29FN2O3/c25-21-6-2-1-5-20(21)15-26-24(28)10-8-18-4-3-11-27(16-18)17-19-7-9-22-23(14-19)30-13-12-29-22/h1-2,5-7,9,14,18H,3-4,8,10-13,15-17H2,(H,26,28)/t18-/m0/s1. The van der Waals surface area contributed by atoms with Gasteiger partial charge in [-0.1, -0.05) is 24.3 Å². The number of piperidine rings is 1. The molecule has 0 aliphatic carbocycles. The summed E-state index contributed by atoms with van der Waals surface area (Å²) in [6.45, 7) is 4.40. The van der Waals surface area contributed by atoms with Gasteiger partial charge in [-0.15, -0.1) is 0 Å². The maximum atomic E-state index is 13.7. The van der Waals surface area contributed by atoms with E-state index in [2.05, 4.69) is 22.3 Å². The molecule has 6 heteroatoms. The van der Waals surface area contributed by atoms with Crippen LogP contribution in [-0.4, -0.2) is 37.1 Å². The predicted octanol–water partition coefficient (Wildman–Crippen LogP) is 3.91. The summed E-state index contributed by atoms with van der Waals surface area (Å²) in [6.07, 6.45) is 3.64. The summed E-state index contributed by atoms with van der Waals surface area (Å²) in [6, 6.07) is 12.7. The summed E-state index contributed by atoms with van der Waals surface area (Å²) in [4.78, 5) is 14.7. The van der Waals surface area contributed by atoms with Crippen molar-refractivity contribution in [2.75, 3.05) is 26.3 Å². The molecule has 4 rings (SSSR count). The normalized spacial score (nSPS) is 18.8. The molecule has 5 nitrogen and oxygen atoms in total. The van der Waals surface area contributed by atoms with E-state index < -0.39 is 0 Å². The molecule has 2 aromatic carbocycles. The van der Waals surface area contributed by atoms with Gasteiger partial charge in [0.2, 0.25) is 5.91 Å². The van der Waals surface area contributed by atoms with Crippen LogP contribution in [0.1, 0.15) is 36.8 Å².